The molecule has 0 unspecified atom stereocenters. The van der Waals surface area contributed by atoms with Crippen molar-refractivity contribution in [3.63, 3.8) is 0 Å². The van der Waals surface area contributed by atoms with Gasteiger partial charge in [-0.25, -0.2) is 0 Å². The monoisotopic (exact) mass is 193 g/mol. The van der Waals surface area contributed by atoms with E-state index in [1.54, 1.807) is 0 Å². The maximum Gasteiger partial charge on any atom is -0.00200 e. The SMILES string of the molecule is C[C@@]12CC3CC(CN)(C1)C[C@@](C)(C3)C2. The summed E-state index contributed by atoms with van der Waals surface area (Å²) in [6.07, 6.45) is 8.73. The molecule has 1 heteroatoms. The average molecular weight is 193 g/mol. The van der Waals surface area contributed by atoms with Crippen molar-refractivity contribution in [2.45, 2.75) is 52.4 Å². The van der Waals surface area contributed by atoms with E-state index < -0.39 is 0 Å². The fraction of sp³-hybridized carbons (Fsp3) is 1.00. The number of nitrogens with two attached hydrogens (primary N) is 1. The second-order valence-corrected chi connectivity index (χ2v) is 7.33. The minimum absolute atomic E-state index is 0.545. The highest BCUT2D eigenvalue weighted by Crippen LogP contribution is 2.69. The van der Waals surface area contributed by atoms with Gasteiger partial charge in [0.1, 0.15) is 0 Å². The molecule has 2 atom stereocenters. The van der Waals surface area contributed by atoms with E-state index in [-0.39, 0.29) is 0 Å². The van der Waals surface area contributed by atoms with E-state index in [0.717, 1.165) is 12.5 Å². The summed E-state index contributed by atoms with van der Waals surface area (Å²) in [7, 11) is 0. The molecule has 2 N–H and O–H groups in total. The summed E-state index contributed by atoms with van der Waals surface area (Å²) < 4.78 is 0. The van der Waals surface area contributed by atoms with E-state index >= 15 is 0 Å². The predicted octanol–water partition coefficient (Wildman–Crippen LogP) is 2.94. The van der Waals surface area contributed by atoms with E-state index in [4.69, 9.17) is 5.73 Å². The maximum atomic E-state index is 6.05. The molecule has 4 bridgehead atoms. The van der Waals surface area contributed by atoms with Crippen LogP contribution in [0.4, 0.5) is 0 Å². The molecule has 0 amide bonds. The van der Waals surface area contributed by atoms with Crippen LogP contribution in [0.25, 0.3) is 0 Å². The second kappa shape index (κ2) is 2.37. The van der Waals surface area contributed by atoms with E-state index in [1.165, 1.54) is 38.5 Å². The van der Waals surface area contributed by atoms with Crippen molar-refractivity contribution in [1.82, 2.24) is 0 Å². The quantitative estimate of drug-likeness (QED) is 0.681. The molecular formula is C13H23N. The Balaban J connectivity index is 2.01. The van der Waals surface area contributed by atoms with E-state index in [0.29, 0.717) is 16.2 Å². The summed E-state index contributed by atoms with van der Waals surface area (Å²) in [4.78, 5) is 0. The molecule has 0 aliphatic heterocycles. The molecule has 4 aliphatic carbocycles. The first-order valence-electron chi connectivity index (χ1n) is 6.17. The van der Waals surface area contributed by atoms with Gasteiger partial charge in [-0.05, 0) is 67.2 Å². The van der Waals surface area contributed by atoms with Gasteiger partial charge in [-0.2, -0.15) is 0 Å². The van der Waals surface area contributed by atoms with Crippen LogP contribution in [-0.4, -0.2) is 6.54 Å². The van der Waals surface area contributed by atoms with Gasteiger partial charge >= 0.3 is 0 Å². The third-order valence-corrected chi connectivity index (χ3v) is 5.17. The molecule has 0 spiro atoms. The van der Waals surface area contributed by atoms with Crippen LogP contribution in [0.3, 0.4) is 0 Å². The molecule has 0 saturated heterocycles. The zero-order valence-corrected chi connectivity index (χ0v) is 9.60. The van der Waals surface area contributed by atoms with Gasteiger partial charge in [-0.3, -0.25) is 0 Å². The van der Waals surface area contributed by atoms with Gasteiger partial charge in [-0.15, -0.1) is 0 Å². The highest BCUT2D eigenvalue weighted by molar-refractivity contribution is 5.10. The molecular weight excluding hydrogens is 170 g/mol. The molecule has 0 aromatic carbocycles. The lowest BCUT2D eigenvalue weighted by atomic mass is 9.40. The van der Waals surface area contributed by atoms with Gasteiger partial charge in [0, 0.05) is 0 Å². The Bertz CT molecular complexity index is 252. The fourth-order valence-electron chi connectivity index (χ4n) is 5.91. The predicted molar refractivity (Wildman–Crippen MR) is 58.9 cm³/mol. The zero-order valence-electron chi connectivity index (χ0n) is 9.60. The van der Waals surface area contributed by atoms with Crippen molar-refractivity contribution in [1.29, 1.82) is 0 Å². The minimum atomic E-state index is 0.545. The summed E-state index contributed by atoms with van der Waals surface area (Å²) in [5.74, 6) is 1.00. The Kier molecular flexibility index (Phi) is 1.56. The number of rotatable bonds is 1. The molecule has 80 valence electrons. The van der Waals surface area contributed by atoms with Crippen molar-refractivity contribution < 1.29 is 0 Å². The van der Waals surface area contributed by atoms with Crippen molar-refractivity contribution in [2.24, 2.45) is 27.9 Å². The minimum Gasteiger partial charge on any atom is -0.330 e. The summed E-state index contributed by atoms with van der Waals surface area (Å²) >= 11 is 0. The molecule has 0 aromatic rings. The lowest BCUT2D eigenvalue weighted by molar-refractivity contribution is -0.140. The molecule has 0 aromatic heterocycles. The first kappa shape index (κ1) is 9.21. The highest BCUT2D eigenvalue weighted by Gasteiger charge is 2.59. The van der Waals surface area contributed by atoms with Crippen LogP contribution >= 0.6 is 0 Å². The Labute approximate surface area is 87.4 Å². The molecule has 1 nitrogen and oxygen atoms in total. The topological polar surface area (TPSA) is 26.0 Å². The van der Waals surface area contributed by atoms with Gasteiger partial charge in [0.05, 0.1) is 0 Å². The number of hydrogen-bond acceptors (Lipinski definition) is 1. The van der Waals surface area contributed by atoms with Crippen LogP contribution in [0.1, 0.15) is 52.4 Å². The van der Waals surface area contributed by atoms with Crippen LogP contribution < -0.4 is 5.73 Å². The third-order valence-electron chi connectivity index (χ3n) is 5.17. The van der Waals surface area contributed by atoms with E-state index in [9.17, 15) is 0 Å². The Morgan fingerprint density at radius 1 is 1.00 bits per heavy atom. The van der Waals surface area contributed by atoms with Gasteiger partial charge in [0.2, 0.25) is 0 Å². The molecule has 14 heavy (non-hydrogen) atoms. The Hall–Kier alpha value is -0.0400. The first-order chi connectivity index (χ1) is 6.47. The van der Waals surface area contributed by atoms with Crippen molar-refractivity contribution in [2.75, 3.05) is 6.54 Å². The number of hydrogen-bond donors (Lipinski definition) is 1. The Morgan fingerprint density at radius 3 is 2.00 bits per heavy atom. The van der Waals surface area contributed by atoms with E-state index in [2.05, 4.69) is 13.8 Å². The van der Waals surface area contributed by atoms with Gasteiger partial charge in [0.25, 0.3) is 0 Å². The normalized spacial score (nSPS) is 60.6. The molecule has 4 rings (SSSR count). The van der Waals surface area contributed by atoms with Crippen LogP contribution in [0.5, 0.6) is 0 Å². The standard InChI is InChI=1S/C13H23N/c1-11-3-10-4-12(2,6-11)8-13(5-10,7-11)9-14/h10H,3-9,14H2,1-2H3/t10?,11-,12-,13?/m0/s1. The first-order valence-corrected chi connectivity index (χ1v) is 6.17. The summed E-state index contributed by atoms with van der Waals surface area (Å²) in [6.45, 7) is 5.97. The van der Waals surface area contributed by atoms with Crippen LogP contribution in [0.2, 0.25) is 0 Å². The Morgan fingerprint density at radius 2 is 1.57 bits per heavy atom. The highest BCUT2D eigenvalue weighted by atomic mass is 14.7. The van der Waals surface area contributed by atoms with Gasteiger partial charge in [-0.1, -0.05) is 13.8 Å². The van der Waals surface area contributed by atoms with Crippen molar-refractivity contribution in [3.8, 4) is 0 Å². The van der Waals surface area contributed by atoms with E-state index in [1.807, 2.05) is 0 Å². The second-order valence-electron chi connectivity index (χ2n) is 7.33. The lowest BCUT2D eigenvalue weighted by Gasteiger charge is -2.65. The molecule has 0 radical (unpaired) electrons. The summed E-state index contributed by atoms with van der Waals surface area (Å²) in [6, 6.07) is 0. The maximum absolute atomic E-state index is 6.05. The average Bonchev–Trinajstić information content (AvgIpc) is 1.97. The molecule has 4 aliphatic rings. The van der Waals surface area contributed by atoms with Gasteiger partial charge in [0.15, 0.2) is 0 Å². The lowest BCUT2D eigenvalue weighted by Crippen LogP contribution is -2.57. The zero-order chi connectivity index (χ0) is 10.0. The van der Waals surface area contributed by atoms with Crippen molar-refractivity contribution >= 4 is 0 Å². The third kappa shape index (κ3) is 1.11. The molecule has 4 fully saturated rings. The molecule has 4 saturated carbocycles. The summed E-state index contributed by atoms with van der Waals surface area (Å²) in [5, 5.41) is 0. The van der Waals surface area contributed by atoms with Gasteiger partial charge < -0.3 is 5.73 Å². The van der Waals surface area contributed by atoms with Crippen LogP contribution in [0, 0.1) is 22.2 Å². The smallest absolute Gasteiger partial charge is 0.00200 e. The van der Waals surface area contributed by atoms with Crippen molar-refractivity contribution in [3.05, 3.63) is 0 Å². The largest absolute Gasteiger partial charge is 0.330 e. The molecule has 0 heterocycles. The van der Waals surface area contributed by atoms with Crippen LogP contribution in [-0.2, 0) is 0 Å². The van der Waals surface area contributed by atoms with Crippen LogP contribution in [0.15, 0.2) is 0 Å². The fourth-order valence-corrected chi connectivity index (χ4v) is 5.91. The summed E-state index contributed by atoms with van der Waals surface area (Å²) in [5.41, 5.74) is 7.88.